The van der Waals surface area contributed by atoms with Gasteiger partial charge in [0.1, 0.15) is 5.75 Å². The van der Waals surface area contributed by atoms with E-state index in [1.54, 1.807) is 30.3 Å². The van der Waals surface area contributed by atoms with E-state index in [1.807, 2.05) is 25.1 Å². The summed E-state index contributed by atoms with van der Waals surface area (Å²) in [6, 6.07) is 14.5. The highest BCUT2D eigenvalue weighted by atomic mass is 35.5. The van der Waals surface area contributed by atoms with Crippen LogP contribution in [0.15, 0.2) is 48.5 Å². The number of ether oxygens (including phenoxy) is 1. The molecule has 0 saturated heterocycles. The summed E-state index contributed by atoms with van der Waals surface area (Å²) in [7, 11) is 0. The van der Waals surface area contributed by atoms with Crippen LogP contribution < -0.4 is 10.1 Å². The smallest absolute Gasteiger partial charge is 0.262 e. The number of halogens is 1. The maximum atomic E-state index is 11.8. The van der Waals surface area contributed by atoms with Crippen molar-refractivity contribution >= 4 is 23.2 Å². The quantitative estimate of drug-likeness (QED) is 0.925. The molecule has 2 rings (SSSR count). The Morgan fingerprint density at radius 2 is 1.95 bits per heavy atom. The third-order valence-corrected chi connectivity index (χ3v) is 2.81. The number of benzene rings is 2. The molecule has 4 heteroatoms. The number of nitrogens with one attached hydrogen (secondary N) is 1. The van der Waals surface area contributed by atoms with Crippen LogP contribution in [0, 0.1) is 6.92 Å². The zero-order chi connectivity index (χ0) is 13.7. The number of carbonyl (C=O) groups excluding carboxylic acids is 1. The van der Waals surface area contributed by atoms with E-state index in [9.17, 15) is 4.79 Å². The molecule has 0 saturated carbocycles. The van der Waals surface area contributed by atoms with Crippen LogP contribution in [0.5, 0.6) is 5.75 Å². The van der Waals surface area contributed by atoms with Gasteiger partial charge in [-0.2, -0.15) is 0 Å². The maximum absolute atomic E-state index is 11.8. The molecule has 0 fully saturated rings. The van der Waals surface area contributed by atoms with Gasteiger partial charge in [-0.1, -0.05) is 29.8 Å². The Hall–Kier alpha value is -2.00. The Balaban J connectivity index is 1.91. The van der Waals surface area contributed by atoms with Crippen molar-refractivity contribution in [3.05, 3.63) is 59.1 Å². The fourth-order valence-electron chi connectivity index (χ4n) is 1.62. The summed E-state index contributed by atoms with van der Waals surface area (Å²) >= 11 is 5.86. The van der Waals surface area contributed by atoms with Gasteiger partial charge in [0.2, 0.25) is 0 Å². The lowest BCUT2D eigenvalue weighted by Gasteiger charge is -2.09. The van der Waals surface area contributed by atoms with Crippen LogP contribution >= 0.6 is 11.6 Å². The number of para-hydroxylation sites is 1. The van der Waals surface area contributed by atoms with Gasteiger partial charge in [-0.3, -0.25) is 4.79 Å². The Morgan fingerprint density at radius 3 is 2.63 bits per heavy atom. The number of carbonyl (C=O) groups is 1. The van der Waals surface area contributed by atoms with Crippen molar-refractivity contribution < 1.29 is 9.53 Å². The van der Waals surface area contributed by atoms with Crippen LogP contribution in [0.4, 0.5) is 5.69 Å². The summed E-state index contributed by atoms with van der Waals surface area (Å²) in [6.07, 6.45) is 0. The van der Waals surface area contributed by atoms with Crippen molar-refractivity contribution in [3.63, 3.8) is 0 Å². The van der Waals surface area contributed by atoms with Crippen molar-refractivity contribution in [1.29, 1.82) is 0 Å². The molecule has 3 nitrogen and oxygen atoms in total. The molecule has 1 N–H and O–H groups in total. The molecule has 0 unspecified atom stereocenters. The van der Waals surface area contributed by atoms with Gasteiger partial charge in [0.05, 0.1) is 0 Å². The number of hydrogen-bond acceptors (Lipinski definition) is 2. The standard InChI is InChI=1S/C15H14ClNO2/c1-11-9-12(16)7-8-14(11)17-15(18)10-19-13-5-3-2-4-6-13/h2-9H,10H2,1H3,(H,17,18). The van der Waals surface area contributed by atoms with Crippen LogP contribution in [0.25, 0.3) is 0 Å². The van der Waals surface area contributed by atoms with Gasteiger partial charge in [0.25, 0.3) is 5.91 Å². The monoisotopic (exact) mass is 275 g/mol. The molecule has 1 amide bonds. The lowest BCUT2D eigenvalue weighted by Crippen LogP contribution is -2.20. The Morgan fingerprint density at radius 1 is 1.21 bits per heavy atom. The minimum atomic E-state index is -0.200. The summed E-state index contributed by atoms with van der Waals surface area (Å²) in [6.45, 7) is 1.87. The summed E-state index contributed by atoms with van der Waals surface area (Å²) in [4.78, 5) is 11.8. The van der Waals surface area contributed by atoms with E-state index in [4.69, 9.17) is 16.3 Å². The normalized spacial score (nSPS) is 10.0. The zero-order valence-corrected chi connectivity index (χ0v) is 11.3. The Kier molecular flexibility index (Phi) is 4.42. The fraction of sp³-hybridized carbons (Fsp3) is 0.133. The topological polar surface area (TPSA) is 38.3 Å². The van der Waals surface area contributed by atoms with Crippen LogP contribution in [0.1, 0.15) is 5.56 Å². The maximum Gasteiger partial charge on any atom is 0.262 e. The lowest BCUT2D eigenvalue weighted by atomic mass is 10.2. The number of amides is 1. The lowest BCUT2D eigenvalue weighted by molar-refractivity contribution is -0.118. The van der Waals surface area contributed by atoms with E-state index < -0.39 is 0 Å². The molecule has 2 aromatic rings. The van der Waals surface area contributed by atoms with Gasteiger partial charge in [0, 0.05) is 10.7 Å². The van der Waals surface area contributed by atoms with Crippen LogP contribution in [-0.4, -0.2) is 12.5 Å². The largest absolute Gasteiger partial charge is 0.484 e. The van der Waals surface area contributed by atoms with Crippen molar-refractivity contribution in [2.75, 3.05) is 11.9 Å². The third-order valence-electron chi connectivity index (χ3n) is 2.58. The minimum absolute atomic E-state index is 0.0217. The van der Waals surface area contributed by atoms with E-state index in [0.717, 1.165) is 11.3 Å². The second-order valence-electron chi connectivity index (χ2n) is 4.11. The highest BCUT2D eigenvalue weighted by molar-refractivity contribution is 6.30. The highest BCUT2D eigenvalue weighted by Gasteiger charge is 2.06. The Labute approximate surface area is 117 Å². The second-order valence-corrected chi connectivity index (χ2v) is 4.55. The van der Waals surface area contributed by atoms with Crippen molar-refractivity contribution in [1.82, 2.24) is 0 Å². The summed E-state index contributed by atoms with van der Waals surface area (Å²) < 4.78 is 5.37. The van der Waals surface area contributed by atoms with E-state index in [-0.39, 0.29) is 12.5 Å². The van der Waals surface area contributed by atoms with Gasteiger partial charge < -0.3 is 10.1 Å². The first-order chi connectivity index (χ1) is 9.15. The van der Waals surface area contributed by atoms with Gasteiger partial charge in [-0.25, -0.2) is 0 Å². The Bertz CT molecular complexity index is 570. The average molecular weight is 276 g/mol. The predicted octanol–water partition coefficient (Wildman–Crippen LogP) is 3.67. The number of rotatable bonds is 4. The summed E-state index contributed by atoms with van der Waals surface area (Å²) in [5.74, 6) is 0.472. The molecular formula is C15H14ClNO2. The van der Waals surface area contributed by atoms with Crippen LogP contribution in [-0.2, 0) is 4.79 Å². The van der Waals surface area contributed by atoms with Crippen LogP contribution in [0.2, 0.25) is 5.02 Å². The zero-order valence-electron chi connectivity index (χ0n) is 10.5. The van der Waals surface area contributed by atoms with Gasteiger partial charge in [0.15, 0.2) is 6.61 Å². The average Bonchev–Trinajstić information content (AvgIpc) is 2.41. The molecule has 0 aliphatic heterocycles. The van der Waals surface area contributed by atoms with E-state index >= 15 is 0 Å². The van der Waals surface area contributed by atoms with Crippen molar-refractivity contribution in [2.24, 2.45) is 0 Å². The van der Waals surface area contributed by atoms with Crippen molar-refractivity contribution in [3.8, 4) is 5.75 Å². The van der Waals surface area contributed by atoms with Gasteiger partial charge in [-0.05, 0) is 42.8 Å². The molecule has 0 heterocycles. The molecule has 0 atom stereocenters. The van der Waals surface area contributed by atoms with Crippen molar-refractivity contribution in [2.45, 2.75) is 6.92 Å². The molecule has 98 valence electrons. The third kappa shape index (κ3) is 4.00. The first-order valence-corrected chi connectivity index (χ1v) is 6.27. The van der Waals surface area contributed by atoms with E-state index in [1.165, 1.54) is 0 Å². The van der Waals surface area contributed by atoms with Crippen LogP contribution in [0.3, 0.4) is 0 Å². The SMILES string of the molecule is Cc1cc(Cl)ccc1NC(=O)COc1ccccc1. The minimum Gasteiger partial charge on any atom is -0.484 e. The summed E-state index contributed by atoms with van der Waals surface area (Å²) in [5.41, 5.74) is 1.66. The molecule has 0 bridgehead atoms. The molecule has 0 radical (unpaired) electrons. The first-order valence-electron chi connectivity index (χ1n) is 5.89. The molecule has 19 heavy (non-hydrogen) atoms. The first kappa shape index (κ1) is 13.4. The molecule has 0 aliphatic rings. The van der Waals surface area contributed by atoms with Gasteiger partial charge in [-0.15, -0.1) is 0 Å². The van der Waals surface area contributed by atoms with E-state index in [0.29, 0.717) is 10.8 Å². The predicted molar refractivity (Wildman–Crippen MR) is 76.8 cm³/mol. The number of anilines is 1. The second kappa shape index (κ2) is 6.25. The molecular weight excluding hydrogens is 262 g/mol. The highest BCUT2D eigenvalue weighted by Crippen LogP contribution is 2.19. The summed E-state index contributed by atoms with van der Waals surface area (Å²) in [5, 5.41) is 3.43. The van der Waals surface area contributed by atoms with E-state index in [2.05, 4.69) is 5.32 Å². The molecule has 0 aromatic heterocycles. The number of aryl methyl sites for hydroxylation is 1. The number of hydrogen-bond donors (Lipinski definition) is 1. The molecule has 0 aliphatic carbocycles. The molecule has 0 spiro atoms. The molecule has 2 aromatic carbocycles. The van der Waals surface area contributed by atoms with Gasteiger partial charge >= 0.3 is 0 Å². The fourth-order valence-corrected chi connectivity index (χ4v) is 1.85.